The van der Waals surface area contributed by atoms with Gasteiger partial charge in [0.05, 0.1) is 11.1 Å². The third kappa shape index (κ3) is 4.98. The first-order valence-corrected chi connectivity index (χ1v) is 21.7. The lowest BCUT2D eigenvalue weighted by molar-refractivity contribution is 0.660. The zero-order chi connectivity index (χ0) is 40.0. The van der Waals surface area contributed by atoms with Gasteiger partial charge in [0.2, 0.25) is 0 Å². The number of anilines is 3. The highest BCUT2D eigenvalue weighted by molar-refractivity contribution is 7.25. The van der Waals surface area contributed by atoms with Gasteiger partial charge in [0.25, 0.3) is 0 Å². The summed E-state index contributed by atoms with van der Waals surface area (Å²) >= 11 is 1.88. The van der Waals surface area contributed by atoms with Gasteiger partial charge in [0, 0.05) is 42.5 Å². The van der Waals surface area contributed by atoms with Crippen LogP contribution in [0.3, 0.4) is 0 Å². The lowest BCUT2D eigenvalue weighted by Crippen LogP contribution is -2.28. The van der Waals surface area contributed by atoms with Gasteiger partial charge in [-0.15, -0.1) is 11.3 Å². The molecule has 0 amide bonds. The molecule has 284 valence electrons. The largest absolute Gasteiger partial charge is 0.310 e. The second-order valence-corrected chi connectivity index (χ2v) is 17.9. The maximum atomic E-state index is 2.50. The van der Waals surface area contributed by atoms with Crippen molar-refractivity contribution in [3.63, 3.8) is 0 Å². The van der Waals surface area contributed by atoms with Crippen LogP contribution in [-0.2, 0) is 10.8 Å². The Bertz CT molecular complexity index is 3240. The lowest BCUT2D eigenvalue weighted by Gasteiger charge is -2.34. The predicted molar refractivity (Wildman–Crippen MR) is 254 cm³/mol. The molecule has 0 aliphatic heterocycles. The summed E-state index contributed by atoms with van der Waals surface area (Å²) in [5.74, 6) is 0. The van der Waals surface area contributed by atoms with Crippen LogP contribution in [0.4, 0.5) is 17.1 Å². The van der Waals surface area contributed by atoms with Gasteiger partial charge in [-0.2, -0.15) is 0 Å². The van der Waals surface area contributed by atoms with Crippen molar-refractivity contribution in [3.8, 4) is 33.4 Å². The van der Waals surface area contributed by atoms with Crippen molar-refractivity contribution in [2.24, 2.45) is 0 Å². The summed E-state index contributed by atoms with van der Waals surface area (Å²) < 4.78 is 2.58. The molecule has 1 nitrogen and oxygen atoms in total. The zero-order valence-electron chi connectivity index (χ0n) is 33.6. The van der Waals surface area contributed by atoms with Crippen molar-refractivity contribution in [3.05, 3.63) is 246 Å². The van der Waals surface area contributed by atoms with E-state index < -0.39 is 5.41 Å². The van der Waals surface area contributed by atoms with E-state index in [0.29, 0.717) is 0 Å². The van der Waals surface area contributed by atoms with Crippen LogP contribution >= 0.6 is 11.3 Å². The third-order valence-electron chi connectivity index (χ3n) is 13.4. The minimum Gasteiger partial charge on any atom is -0.310 e. The van der Waals surface area contributed by atoms with Gasteiger partial charge >= 0.3 is 0 Å². The van der Waals surface area contributed by atoms with E-state index in [0.717, 1.165) is 11.4 Å². The Kier molecular flexibility index (Phi) is 7.73. The van der Waals surface area contributed by atoms with Gasteiger partial charge in [-0.25, -0.2) is 0 Å². The highest BCUT2D eigenvalue weighted by atomic mass is 32.1. The molecule has 2 heteroatoms. The molecule has 0 spiro atoms. The summed E-state index contributed by atoms with van der Waals surface area (Å²) in [6.07, 6.45) is 0. The summed E-state index contributed by atoms with van der Waals surface area (Å²) in [4.78, 5) is 2.49. The Balaban J connectivity index is 1.09. The SMILES string of the molecule is CC1(C)c2ccccc2-c2c(N(c3ccc(-c4ccccc4)cc3)c3ccc4sc5ccc(C6(c7ccccc7)c7ccccc7-c7ccccc76)cc5c4c3)cccc21. The molecule has 9 aromatic carbocycles. The molecule has 12 rings (SSSR count). The molecule has 2 aliphatic carbocycles. The lowest BCUT2D eigenvalue weighted by atomic mass is 9.67. The molecule has 0 saturated heterocycles. The molecule has 0 bridgehead atoms. The maximum absolute atomic E-state index is 2.50. The first kappa shape index (κ1) is 35.0. The van der Waals surface area contributed by atoms with Crippen LogP contribution in [0.5, 0.6) is 0 Å². The molecule has 60 heavy (non-hydrogen) atoms. The number of nitrogens with zero attached hydrogens (tertiary/aromatic N) is 1. The maximum Gasteiger partial charge on any atom is 0.0713 e. The molecule has 0 saturated carbocycles. The number of hydrogen-bond donors (Lipinski definition) is 0. The van der Waals surface area contributed by atoms with Crippen LogP contribution in [0.1, 0.15) is 47.2 Å². The van der Waals surface area contributed by atoms with Crippen molar-refractivity contribution in [1.82, 2.24) is 0 Å². The van der Waals surface area contributed by atoms with E-state index in [4.69, 9.17) is 0 Å². The Morgan fingerprint density at radius 2 is 0.917 bits per heavy atom. The van der Waals surface area contributed by atoms with Crippen LogP contribution in [0.25, 0.3) is 53.6 Å². The minimum atomic E-state index is -0.453. The predicted octanol–water partition coefficient (Wildman–Crippen LogP) is 15.9. The van der Waals surface area contributed by atoms with Crippen molar-refractivity contribution in [2.45, 2.75) is 24.7 Å². The molecule has 1 heterocycles. The van der Waals surface area contributed by atoms with Gasteiger partial charge in [0.15, 0.2) is 0 Å². The van der Waals surface area contributed by atoms with Gasteiger partial charge in [-0.3, -0.25) is 0 Å². The molecule has 10 aromatic rings. The smallest absolute Gasteiger partial charge is 0.0713 e. The van der Waals surface area contributed by atoms with Gasteiger partial charge < -0.3 is 4.90 Å². The van der Waals surface area contributed by atoms with E-state index in [9.17, 15) is 0 Å². The van der Waals surface area contributed by atoms with Crippen LogP contribution in [0, 0.1) is 0 Å². The molecule has 0 fully saturated rings. The van der Waals surface area contributed by atoms with E-state index in [1.165, 1.54) is 92.6 Å². The minimum absolute atomic E-state index is 0.110. The monoisotopic (exact) mass is 783 g/mol. The fourth-order valence-electron chi connectivity index (χ4n) is 10.6. The van der Waals surface area contributed by atoms with Crippen molar-refractivity contribution in [2.75, 3.05) is 4.90 Å². The average molecular weight is 784 g/mol. The normalized spacial score (nSPS) is 14.1. The molecule has 0 radical (unpaired) electrons. The summed E-state index contributed by atoms with van der Waals surface area (Å²) in [7, 11) is 0. The topological polar surface area (TPSA) is 3.24 Å². The van der Waals surface area contributed by atoms with Gasteiger partial charge in [-0.1, -0.05) is 178 Å². The van der Waals surface area contributed by atoms with Crippen LogP contribution < -0.4 is 4.90 Å². The van der Waals surface area contributed by atoms with Crippen molar-refractivity contribution in [1.29, 1.82) is 0 Å². The Labute approximate surface area is 355 Å². The highest BCUT2D eigenvalue weighted by Gasteiger charge is 2.46. The Morgan fingerprint density at radius 1 is 0.383 bits per heavy atom. The van der Waals surface area contributed by atoms with Gasteiger partial charge in [0.1, 0.15) is 0 Å². The second-order valence-electron chi connectivity index (χ2n) is 16.8. The molecule has 0 unspecified atom stereocenters. The molecule has 1 aromatic heterocycles. The number of rotatable bonds is 6. The van der Waals surface area contributed by atoms with Crippen molar-refractivity contribution >= 4 is 48.6 Å². The van der Waals surface area contributed by atoms with Crippen LogP contribution in [0.2, 0.25) is 0 Å². The Hall–Kier alpha value is -7.00. The summed E-state index contributed by atoms with van der Waals surface area (Å²) in [5, 5.41) is 2.56. The zero-order valence-corrected chi connectivity index (χ0v) is 34.4. The number of thiophene rings is 1. The van der Waals surface area contributed by atoms with E-state index >= 15 is 0 Å². The fourth-order valence-corrected chi connectivity index (χ4v) is 11.7. The third-order valence-corrected chi connectivity index (χ3v) is 14.5. The standard InChI is InChI=1S/C58H41NS/c1-57(2)49-23-12-11-22-46(49)56-52(57)26-15-27-53(56)59(42-31-28-39(29-32-42)38-16-5-3-6-17-38)43-33-35-55-48(37-43)47-36-41(30-34-54(47)60-55)58(40-18-7-4-8-19-40)50-24-13-9-20-44(50)45-21-10-14-25-51(45)58/h3-37H,1-2H3. The van der Waals surface area contributed by atoms with Crippen molar-refractivity contribution < 1.29 is 0 Å². The average Bonchev–Trinajstić information content (AvgIpc) is 3.91. The fraction of sp³-hybridized carbons (Fsp3) is 0.0690. The second kappa shape index (κ2) is 13.3. The molecular formula is C58H41NS. The Morgan fingerprint density at radius 3 is 1.62 bits per heavy atom. The first-order chi connectivity index (χ1) is 29.5. The van der Waals surface area contributed by atoms with E-state index in [2.05, 4.69) is 231 Å². The highest BCUT2D eigenvalue weighted by Crippen LogP contribution is 2.58. The quantitative estimate of drug-likeness (QED) is 0.162. The summed E-state index contributed by atoms with van der Waals surface area (Å²) in [6, 6.07) is 79.2. The first-order valence-electron chi connectivity index (χ1n) is 20.9. The van der Waals surface area contributed by atoms with Crippen LogP contribution in [-0.4, -0.2) is 0 Å². The van der Waals surface area contributed by atoms with Gasteiger partial charge in [-0.05, 0) is 110 Å². The molecular weight excluding hydrogens is 743 g/mol. The van der Waals surface area contributed by atoms with E-state index in [1.54, 1.807) is 0 Å². The van der Waals surface area contributed by atoms with E-state index in [-0.39, 0.29) is 5.41 Å². The van der Waals surface area contributed by atoms with E-state index in [1.807, 2.05) is 11.3 Å². The van der Waals surface area contributed by atoms with Crippen LogP contribution in [0.15, 0.2) is 212 Å². The molecule has 0 N–H and O–H groups in total. The molecule has 0 atom stereocenters. The number of benzene rings is 9. The summed E-state index contributed by atoms with van der Waals surface area (Å²) in [6.45, 7) is 4.73. The number of hydrogen-bond acceptors (Lipinski definition) is 2. The number of fused-ring (bicyclic) bond motifs is 9. The summed E-state index contributed by atoms with van der Waals surface area (Å²) in [5.41, 5.74) is 18.6. The molecule has 2 aliphatic rings.